The number of carbonyl (C=O) groups excluding carboxylic acids is 1. The fourth-order valence-electron chi connectivity index (χ4n) is 3.28. The van der Waals surface area contributed by atoms with Crippen molar-refractivity contribution in [3.63, 3.8) is 0 Å². The van der Waals surface area contributed by atoms with E-state index in [1.54, 1.807) is 23.5 Å². The number of nitrogens with zero attached hydrogens (tertiary/aromatic N) is 2. The molecule has 0 bridgehead atoms. The third-order valence-electron chi connectivity index (χ3n) is 4.91. The lowest BCUT2D eigenvalue weighted by molar-refractivity contribution is -0.121. The van der Waals surface area contributed by atoms with Crippen LogP contribution >= 0.6 is 27.3 Å². The summed E-state index contributed by atoms with van der Waals surface area (Å²) in [5.41, 5.74) is 2.69. The Kier molecular flexibility index (Phi) is 6.11. The summed E-state index contributed by atoms with van der Waals surface area (Å²) in [4.78, 5) is 30.9. The first kappa shape index (κ1) is 20.5. The smallest absolute Gasteiger partial charge is 0.261 e. The van der Waals surface area contributed by atoms with Gasteiger partial charge in [-0.15, -0.1) is 11.3 Å². The first-order valence-electron chi connectivity index (χ1n) is 9.55. The topological polar surface area (TPSA) is 64.0 Å². The second-order valence-corrected chi connectivity index (χ2v) is 8.98. The molecule has 30 heavy (non-hydrogen) atoms. The van der Waals surface area contributed by atoms with Gasteiger partial charge in [0.2, 0.25) is 5.91 Å². The van der Waals surface area contributed by atoms with Crippen LogP contribution in [0.1, 0.15) is 28.5 Å². The molecule has 1 atom stereocenters. The van der Waals surface area contributed by atoms with E-state index in [-0.39, 0.29) is 30.5 Å². The predicted molar refractivity (Wildman–Crippen MR) is 124 cm³/mol. The van der Waals surface area contributed by atoms with Crippen LogP contribution in [0.5, 0.6) is 0 Å². The number of aromatic nitrogens is 2. The van der Waals surface area contributed by atoms with E-state index < -0.39 is 0 Å². The highest BCUT2D eigenvalue weighted by Gasteiger charge is 2.18. The molecule has 2 heterocycles. The van der Waals surface area contributed by atoms with Crippen LogP contribution in [0.15, 0.2) is 75.6 Å². The van der Waals surface area contributed by atoms with Gasteiger partial charge in [-0.25, -0.2) is 4.98 Å². The van der Waals surface area contributed by atoms with Crippen LogP contribution in [0.2, 0.25) is 0 Å². The number of halogens is 1. The molecule has 4 rings (SSSR count). The summed E-state index contributed by atoms with van der Waals surface area (Å²) < 4.78 is 2.31. The van der Waals surface area contributed by atoms with E-state index >= 15 is 0 Å². The Morgan fingerprint density at radius 2 is 2.00 bits per heavy atom. The second-order valence-electron chi connectivity index (χ2n) is 7.08. The SMILES string of the molecule is Cc1ccc(C(NC(=O)CCn2cnc3ccc(Br)cc3c2=O)c2cccs2)cc1. The lowest BCUT2D eigenvalue weighted by Gasteiger charge is -2.18. The lowest BCUT2D eigenvalue weighted by atomic mass is 10.0. The first-order chi connectivity index (χ1) is 14.5. The van der Waals surface area contributed by atoms with Gasteiger partial charge in [0.1, 0.15) is 0 Å². The molecule has 0 saturated carbocycles. The van der Waals surface area contributed by atoms with E-state index in [1.165, 1.54) is 16.5 Å². The zero-order chi connectivity index (χ0) is 21.1. The third-order valence-corrected chi connectivity index (χ3v) is 6.34. The number of carbonyl (C=O) groups is 1. The van der Waals surface area contributed by atoms with Gasteiger partial charge in [-0.2, -0.15) is 0 Å². The van der Waals surface area contributed by atoms with E-state index in [0.717, 1.165) is 14.9 Å². The molecule has 0 aliphatic carbocycles. The molecule has 0 saturated heterocycles. The zero-order valence-electron chi connectivity index (χ0n) is 16.3. The van der Waals surface area contributed by atoms with Gasteiger partial charge in [0, 0.05) is 22.3 Å². The minimum atomic E-state index is -0.208. The normalized spacial score (nSPS) is 12.1. The van der Waals surface area contributed by atoms with Crippen molar-refractivity contribution in [2.75, 3.05) is 0 Å². The van der Waals surface area contributed by atoms with Gasteiger partial charge in [0.15, 0.2) is 0 Å². The predicted octanol–water partition coefficient (Wildman–Crippen LogP) is 4.82. The van der Waals surface area contributed by atoms with E-state index in [0.29, 0.717) is 10.9 Å². The molecule has 1 unspecified atom stereocenters. The van der Waals surface area contributed by atoms with Gasteiger partial charge in [-0.1, -0.05) is 51.8 Å². The summed E-state index contributed by atoms with van der Waals surface area (Å²) in [7, 11) is 0. The Hall–Kier alpha value is -2.77. The highest BCUT2D eigenvalue weighted by Crippen LogP contribution is 2.26. The maximum Gasteiger partial charge on any atom is 0.261 e. The van der Waals surface area contributed by atoms with Gasteiger partial charge in [-0.05, 0) is 42.1 Å². The maximum atomic E-state index is 12.7. The molecule has 7 heteroatoms. The Bertz CT molecular complexity index is 1230. The second kappa shape index (κ2) is 8.93. The van der Waals surface area contributed by atoms with Crippen molar-refractivity contribution >= 4 is 44.1 Å². The van der Waals surface area contributed by atoms with E-state index in [2.05, 4.69) is 26.2 Å². The van der Waals surface area contributed by atoms with Crippen molar-refractivity contribution in [1.82, 2.24) is 14.9 Å². The molecule has 0 spiro atoms. The van der Waals surface area contributed by atoms with Crippen molar-refractivity contribution < 1.29 is 4.79 Å². The van der Waals surface area contributed by atoms with Gasteiger partial charge in [-0.3, -0.25) is 14.2 Å². The molecule has 1 N–H and O–H groups in total. The Morgan fingerprint density at radius 1 is 1.20 bits per heavy atom. The highest BCUT2D eigenvalue weighted by molar-refractivity contribution is 9.10. The minimum absolute atomic E-state index is 0.116. The van der Waals surface area contributed by atoms with E-state index in [9.17, 15) is 9.59 Å². The molecule has 2 aromatic carbocycles. The van der Waals surface area contributed by atoms with Crippen LogP contribution in [-0.2, 0) is 11.3 Å². The number of nitrogens with one attached hydrogen (secondary N) is 1. The quantitative estimate of drug-likeness (QED) is 0.429. The Labute approximate surface area is 186 Å². The summed E-state index contributed by atoms with van der Waals surface area (Å²) in [5, 5.41) is 5.65. The third kappa shape index (κ3) is 4.52. The van der Waals surface area contributed by atoms with Crippen LogP contribution in [0.4, 0.5) is 0 Å². The molecule has 0 aliphatic rings. The fraction of sp³-hybridized carbons (Fsp3) is 0.174. The van der Waals surface area contributed by atoms with Crippen LogP contribution in [0.25, 0.3) is 10.9 Å². The molecule has 0 aliphatic heterocycles. The molecule has 152 valence electrons. The zero-order valence-corrected chi connectivity index (χ0v) is 18.7. The summed E-state index contributed by atoms with van der Waals surface area (Å²) >= 11 is 4.99. The Balaban J connectivity index is 1.50. The number of fused-ring (bicyclic) bond motifs is 1. The van der Waals surface area contributed by atoms with E-state index in [4.69, 9.17) is 0 Å². The molecule has 5 nitrogen and oxygen atoms in total. The Morgan fingerprint density at radius 3 is 2.73 bits per heavy atom. The van der Waals surface area contributed by atoms with Crippen LogP contribution in [-0.4, -0.2) is 15.5 Å². The van der Waals surface area contributed by atoms with Gasteiger partial charge < -0.3 is 5.32 Å². The highest BCUT2D eigenvalue weighted by atomic mass is 79.9. The van der Waals surface area contributed by atoms with E-state index in [1.807, 2.05) is 54.8 Å². The summed E-state index contributed by atoms with van der Waals surface area (Å²) in [5.74, 6) is -0.116. The van der Waals surface area contributed by atoms with Gasteiger partial charge >= 0.3 is 0 Å². The van der Waals surface area contributed by atoms with Gasteiger partial charge in [0.05, 0.1) is 23.3 Å². The number of rotatable bonds is 6. The van der Waals surface area contributed by atoms with Crippen molar-refractivity contribution in [2.24, 2.45) is 0 Å². The first-order valence-corrected chi connectivity index (χ1v) is 11.2. The molecule has 2 aromatic heterocycles. The van der Waals surface area contributed by atoms with Crippen LogP contribution in [0.3, 0.4) is 0 Å². The van der Waals surface area contributed by atoms with Crippen LogP contribution < -0.4 is 10.9 Å². The molecule has 0 radical (unpaired) electrons. The lowest BCUT2D eigenvalue weighted by Crippen LogP contribution is -2.31. The van der Waals surface area contributed by atoms with Crippen molar-refractivity contribution in [3.8, 4) is 0 Å². The standard InChI is InChI=1S/C23H20BrN3O2S/c1-15-4-6-16(7-5-15)22(20-3-2-12-30-20)26-21(28)10-11-27-14-25-19-9-8-17(24)13-18(19)23(27)29/h2-9,12-14,22H,10-11H2,1H3,(H,26,28). The number of amides is 1. The average molecular weight is 482 g/mol. The maximum absolute atomic E-state index is 12.7. The number of aryl methyl sites for hydroxylation is 2. The minimum Gasteiger partial charge on any atom is -0.344 e. The average Bonchev–Trinajstić information content (AvgIpc) is 3.27. The number of hydrogen-bond acceptors (Lipinski definition) is 4. The molecular formula is C23H20BrN3O2S. The monoisotopic (exact) mass is 481 g/mol. The number of hydrogen-bond donors (Lipinski definition) is 1. The van der Waals surface area contributed by atoms with Crippen molar-refractivity contribution in [1.29, 1.82) is 0 Å². The molecule has 0 fully saturated rings. The summed E-state index contributed by atoms with van der Waals surface area (Å²) in [6, 6.07) is 17.3. The molecule has 1 amide bonds. The number of benzene rings is 2. The van der Waals surface area contributed by atoms with Crippen molar-refractivity contribution in [3.05, 3.63) is 97.1 Å². The largest absolute Gasteiger partial charge is 0.344 e. The summed E-state index contributed by atoms with van der Waals surface area (Å²) in [6.07, 6.45) is 1.69. The van der Waals surface area contributed by atoms with Gasteiger partial charge in [0.25, 0.3) is 5.56 Å². The molecule has 4 aromatic rings. The van der Waals surface area contributed by atoms with Crippen molar-refractivity contribution in [2.45, 2.75) is 25.9 Å². The van der Waals surface area contributed by atoms with Crippen LogP contribution in [0, 0.1) is 6.92 Å². The molecular weight excluding hydrogens is 462 g/mol. The summed E-state index contributed by atoms with van der Waals surface area (Å²) in [6.45, 7) is 2.31. The number of thiophene rings is 1. The fourth-order valence-corrected chi connectivity index (χ4v) is 4.44.